The van der Waals surface area contributed by atoms with Crippen LogP contribution >= 0.6 is 57.7 Å². The minimum atomic E-state index is -4.12. The highest BCUT2D eigenvalue weighted by atomic mass is 35.5. The van der Waals surface area contributed by atoms with Crippen LogP contribution in [0, 0.1) is 5.92 Å². The molecule has 2 saturated heterocycles. The minimum Gasteiger partial charge on any atom is -0.480 e. The van der Waals surface area contributed by atoms with Gasteiger partial charge < -0.3 is 15.7 Å². The van der Waals surface area contributed by atoms with Crippen LogP contribution in [0.3, 0.4) is 0 Å². The zero-order valence-corrected chi connectivity index (χ0v) is 26.8. The van der Waals surface area contributed by atoms with Crippen molar-refractivity contribution in [3.8, 4) is 0 Å². The highest BCUT2D eigenvalue weighted by Gasteiger charge is 2.51. The molecule has 228 valence electrons. The van der Waals surface area contributed by atoms with Crippen LogP contribution in [0.25, 0.3) is 0 Å². The molecule has 2 amide bonds. The Labute approximate surface area is 271 Å². The fourth-order valence-electron chi connectivity index (χ4n) is 5.56. The fourth-order valence-corrected chi connectivity index (χ4v) is 9.90. The second kappa shape index (κ2) is 12.9. The van der Waals surface area contributed by atoms with E-state index in [0.29, 0.717) is 36.9 Å². The van der Waals surface area contributed by atoms with Gasteiger partial charge in [0, 0.05) is 23.7 Å². The predicted molar refractivity (Wildman–Crippen MR) is 165 cm³/mol. The van der Waals surface area contributed by atoms with Crippen LogP contribution < -0.4 is 10.6 Å². The standard InChI is InChI=1S/C27H24Cl4N4O6S2/c28-18-12-22(42-24(18)31)43(40,41)35-17-7-3-14(4-8-17)23(35)26(37)33-19(27(38)39)9-13-1-5-16(6-2-13)32-25(36)15-10-20(29)34-21(30)11-15/h1-2,5-6,10-12,14,17,19,23H,3-4,7-9H2,(H,32,36)(H,33,37)(H,38,39)/t14?,17?,19-,23?/m0/s1. The molecule has 3 fully saturated rings. The monoisotopic (exact) mass is 704 g/mol. The Morgan fingerprint density at radius 2 is 1.63 bits per heavy atom. The van der Waals surface area contributed by atoms with E-state index in [9.17, 15) is 27.9 Å². The third kappa shape index (κ3) is 6.95. The van der Waals surface area contributed by atoms with Gasteiger partial charge in [-0.15, -0.1) is 11.3 Å². The van der Waals surface area contributed by atoms with Crippen LogP contribution in [0.5, 0.6) is 0 Å². The molecule has 6 rings (SSSR count). The van der Waals surface area contributed by atoms with E-state index in [0.717, 1.165) is 11.3 Å². The van der Waals surface area contributed by atoms with Crippen molar-refractivity contribution in [2.45, 2.75) is 54.4 Å². The van der Waals surface area contributed by atoms with Crippen molar-refractivity contribution in [1.29, 1.82) is 0 Å². The Bertz CT molecular complexity index is 1640. The molecule has 1 saturated carbocycles. The smallest absolute Gasteiger partial charge is 0.326 e. The number of halogens is 4. The van der Waals surface area contributed by atoms with E-state index in [2.05, 4.69) is 15.6 Å². The summed E-state index contributed by atoms with van der Waals surface area (Å²) in [5.41, 5.74) is 1.21. The van der Waals surface area contributed by atoms with Crippen molar-refractivity contribution in [3.05, 3.63) is 73.3 Å². The van der Waals surface area contributed by atoms with Crippen LogP contribution in [0.15, 0.2) is 46.7 Å². The van der Waals surface area contributed by atoms with Gasteiger partial charge in [0.15, 0.2) is 0 Å². The van der Waals surface area contributed by atoms with Crippen molar-refractivity contribution in [3.63, 3.8) is 0 Å². The summed E-state index contributed by atoms with van der Waals surface area (Å²) < 4.78 is 28.6. The van der Waals surface area contributed by atoms with Gasteiger partial charge in [0.2, 0.25) is 5.91 Å². The summed E-state index contributed by atoms with van der Waals surface area (Å²) >= 11 is 24.6. The molecule has 1 aliphatic carbocycles. The number of hydrogen-bond donors (Lipinski definition) is 3. The van der Waals surface area contributed by atoms with Gasteiger partial charge in [0.05, 0.1) is 5.02 Å². The quantitative estimate of drug-likeness (QED) is 0.240. The number of rotatable bonds is 9. The summed E-state index contributed by atoms with van der Waals surface area (Å²) in [5.74, 6) is -2.67. The number of sulfonamides is 1. The molecular weight excluding hydrogens is 682 g/mol. The Balaban J connectivity index is 1.30. The molecule has 1 aromatic carbocycles. The molecule has 43 heavy (non-hydrogen) atoms. The molecule has 2 aliphatic heterocycles. The SMILES string of the molecule is O=C(Nc1ccc(C[C@H](NC(=O)C2C3CCC(CC3)N2S(=O)(=O)c2cc(Cl)c(Cl)s2)C(=O)O)cc1)c1cc(Cl)nc(Cl)c1. The number of fused-ring (bicyclic) bond motifs is 3. The van der Waals surface area contributed by atoms with Crippen LogP contribution in [-0.4, -0.2) is 58.7 Å². The maximum absolute atomic E-state index is 13.7. The maximum atomic E-state index is 13.7. The van der Waals surface area contributed by atoms with Crippen molar-refractivity contribution < 1.29 is 27.9 Å². The second-order valence-electron chi connectivity index (χ2n) is 10.3. The molecule has 2 aromatic heterocycles. The summed E-state index contributed by atoms with van der Waals surface area (Å²) in [7, 11) is -4.12. The lowest BCUT2D eigenvalue weighted by Crippen LogP contribution is -2.63. The normalized spacial score (nSPS) is 20.9. The lowest BCUT2D eigenvalue weighted by Gasteiger charge is -2.49. The lowest BCUT2D eigenvalue weighted by atomic mass is 9.76. The molecule has 3 aliphatic rings. The van der Waals surface area contributed by atoms with Crippen molar-refractivity contribution in [2.24, 2.45) is 5.92 Å². The summed E-state index contributed by atoms with van der Waals surface area (Å²) in [6.45, 7) is 0. The number of nitrogens with one attached hydrogen (secondary N) is 2. The number of anilines is 1. The zero-order valence-electron chi connectivity index (χ0n) is 22.1. The minimum absolute atomic E-state index is 0.0649. The number of carboxylic acids is 1. The molecule has 3 aromatic rings. The number of piperidine rings is 2. The molecule has 10 nitrogen and oxygen atoms in total. The first-order chi connectivity index (χ1) is 20.3. The predicted octanol–water partition coefficient (Wildman–Crippen LogP) is 5.75. The number of carbonyl (C=O) groups is 3. The van der Waals surface area contributed by atoms with Gasteiger partial charge >= 0.3 is 5.97 Å². The van der Waals surface area contributed by atoms with E-state index >= 15 is 0 Å². The van der Waals surface area contributed by atoms with Crippen molar-refractivity contribution in [1.82, 2.24) is 14.6 Å². The number of nitrogens with zero attached hydrogens (tertiary/aromatic N) is 2. The Hall–Kier alpha value is -2.45. The summed E-state index contributed by atoms with van der Waals surface area (Å²) in [6, 6.07) is 7.63. The highest BCUT2D eigenvalue weighted by Crippen LogP contribution is 2.45. The number of amides is 2. The van der Waals surface area contributed by atoms with E-state index in [1.807, 2.05) is 0 Å². The van der Waals surface area contributed by atoms with Gasteiger partial charge in [0.25, 0.3) is 15.9 Å². The maximum Gasteiger partial charge on any atom is 0.326 e. The molecular formula is C27H24Cl4N4O6S2. The van der Waals surface area contributed by atoms with Gasteiger partial charge in [0.1, 0.15) is 30.9 Å². The first kappa shape index (κ1) is 32.0. The van der Waals surface area contributed by atoms with E-state index in [-0.39, 0.29) is 41.8 Å². The van der Waals surface area contributed by atoms with Crippen LogP contribution in [-0.2, 0) is 26.0 Å². The molecule has 16 heteroatoms. The third-order valence-corrected chi connectivity index (χ3v) is 12.2. The molecule has 2 atom stereocenters. The van der Waals surface area contributed by atoms with Crippen LogP contribution in [0.4, 0.5) is 5.69 Å². The van der Waals surface area contributed by atoms with Crippen LogP contribution in [0.1, 0.15) is 41.6 Å². The number of thiophene rings is 1. The Morgan fingerprint density at radius 3 is 2.19 bits per heavy atom. The van der Waals surface area contributed by atoms with Crippen molar-refractivity contribution in [2.75, 3.05) is 5.32 Å². The lowest BCUT2D eigenvalue weighted by molar-refractivity contribution is -0.143. The molecule has 3 N–H and O–H groups in total. The largest absolute Gasteiger partial charge is 0.480 e. The first-order valence-corrected chi connectivity index (χ1v) is 16.8. The summed E-state index contributed by atoms with van der Waals surface area (Å²) in [5, 5.41) is 15.4. The zero-order chi connectivity index (χ0) is 31.1. The van der Waals surface area contributed by atoms with E-state index in [4.69, 9.17) is 46.4 Å². The number of hydrogen-bond acceptors (Lipinski definition) is 7. The van der Waals surface area contributed by atoms with Gasteiger partial charge in [-0.1, -0.05) is 58.5 Å². The Kier molecular flexibility index (Phi) is 9.57. The number of carboxylic acid groups (broad SMARTS) is 1. The Morgan fingerprint density at radius 1 is 1.00 bits per heavy atom. The molecule has 2 bridgehead atoms. The number of benzene rings is 1. The number of aliphatic carboxylic acids is 1. The van der Waals surface area contributed by atoms with Crippen LogP contribution in [0.2, 0.25) is 19.7 Å². The molecule has 0 spiro atoms. The number of carbonyl (C=O) groups excluding carboxylic acids is 2. The van der Waals surface area contributed by atoms with Gasteiger partial charge in [-0.05, 0) is 67.5 Å². The van der Waals surface area contributed by atoms with Crippen molar-refractivity contribution >= 4 is 91.2 Å². The molecule has 1 unspecified atom stereocenters. The molecule has 4 heterocycles. The van der Waals surface area contributed by atoms with E-state index < -0.39 is 45.9 Å². The van der Waals surface area contributed by atoms with Gasteiger partial charge in [-0.3, -0.25) is 9.59 Å². The number of pyridine rings is 1. The average Bonchev–Trinajstić information content (AvgIpc) is 3.31. The molecule has 0 radical (unpaired) electrons. The fraction of sp³-hybridized carbons (Fsp3) is 0.333. The summed E-state index contributed by atoms with van der Waals surface area (Å²) in [6.07, 6.45) is 2.45. The second-order valence-corrected chi connectivity index (χ2v) is 15.2. The third-order valence-electron chi connectivity index (χ3n) is 7.54. The van der Waals surface area contributed by atoms with E-state index in [1.54, 1.807) is 24.3 Å². The summed E-state index contributed by atoms with van der Waals surface area (Å²) in [4.78, 5) is 42.2. The number of aromatic nitrogens is 1. The van der Waals surface area contributed by atoms with Gasteiger partial charge in [-0.25, -0.2) is 18.2 Å². The van der Waals surface area contributed by atoms with Gasteiger partial charge in [-0.2, -0.15) is 4.31 Å². The topological polar surface area (TPSA) is 146 Å². The van der Waals surface area contributed by atoms with E-state index in [1.165, 1.54) is 22.5 Å². The first-order valence-electron chi connectivity index (χ1n) is 13.1. The average molecular weight is 706 g/mol. The highest BCUT2D eigenvalue weighted by molar-refractivity contribution is 7.91.